The highest BCUT2D eigenvalue weighted by Gasteiger charge is 2.28. The number of pyridine rings is 1. The van der Waals surface area contributed by atoms with Gasteiger partial charge in [0.25, 0.3) is 0 Å². The zero-order valence-corrected chi connectivity index (χ0v) is 13.6. The monoisotopic (exact) mass is 351 g/mol. The van der Waals surface area contributed by atoms with Crippen LogP contribution in [0, 0.1) is 22.9 Å². The SMILES string of the molecule is CCOC(=O)c1c(F)c(C)cn1-c1ncc(C(=O)OC)cc1[N+](=O)[O-]. The molecule has 0 radical (unpaired) electrons. The van der Waals surface area contributed by atoms with E-state index in [9.17, 15) is 24.1 Å². The van der Waals surface area contributed by atoms with E-state index in [1.54, 1.807) is 6.92 Å². The lowest BCUT2D eigenvalue weighted by Gasteiger charge is -2.09. The fourth-order valence-corrected chi connectivity index (χ4v) is 2.16. The average Bonchev–Trinajstić information content (AvgIpc) is 2.88. The van der Waals surface area contributed by atoms with Crippen molar-refractivity contribution in [3.05, 3.63) is 51.2 Å². The molecule has 2 heterocycles. The molecule has 0 saturated heterocycles. The Morgan fingerprint density at radius 3 is 2.64 bits per heavy atom. The number of hydrogen-bond donors (Lipinski definition) is 0. The fraction of sp³-hybridized carbons (Fsp3) is 0.267. The molecule has 0 atom stereocenters. The normalized spacial score (nSPS) is 10.4. The molecule has 2 rings (SSSR count). The first-order chi connectivity index (χ1) is 11.8. The first-order valence-electron chi connectivity index (χ1n) is 7.09. The van der Waals surface area contributed by atoms with E-state index in [0.29, 0.717) is 0 Å². The molecule has 2 aromatic rings. The first kappa shape index (κ1) is 18.0. The molecule has 0 aliphatic carbocycles. The maximum Gasteiger partial charge on any atom is 0.358 e. The maximum atomic E-state index is 14.3. The zero-order valence-electron chi connectivity index (χ0n) is 13.6. The van der Waals surface area contributed by atoms with E-state index in [0.717, 1.165) is 23.9 Å². The summed E-state index contributed by atoms with van der Waals surface area (Å²) < 4.78 is 24.5. The third kappa shape index (κ3) is 3.32. The van der Waals surface area contributed by atoms with Crippen molar-refractivity contribution in [3.63, 3.8) is 0 Å². The highest BCUT2D eigenvalue weighted by atomic mass is 19.1. The lowest BCUT2D eigenvalue weighted by atomic mass is 10.2. The van der Waals surface area contributed by atoms with Crippen molar-refractivity contribution in [2.24, 2.45) is 0 Å². The summed E-state index contributed by atoms with van der Waals surface area (Å²) in [5, 5.41) is 11.3. The Morgan fingerprint density at radius 2 is 2.08 bits per heavy atom. The van der Waals surface area contributed by atoms with E-state index in [4.69, 9.17) is 4.74 Å². The third-order valence-electron chi connectivity index (χ3n) is 3.28. The van der Waals surface area contributed by atoms with Gasteiger partial charge in [0.2, 0.25) is 5.82 Å². The van der Waals surface area contributed by atoms with Gasteiger partial charge in [-0.3, -0.25) is 14.7 Å². The van der Waals surface area contributed by atoms with Gasteiger partial charge in [-0.2, -0.15) is 0 Å². The van der Waals surface area contributed by atoms with Crippen LogP contribution in [0.1, 0.15) is 33.3 Å². The summed E-state index contributed by atoms with van der Waals surface area (Å²) >= 11 is 0. The van der Waals surface area contributed by atoms with Crippen LogP contribution in [-0.2, 0) is 9.47 Å². The van der Waals surface area contributed by atoms with Gasteiger partial charge in [-0.15, -0.1) is 0 Å². The van der Waals surface area contributed by atoms with Crippen molar-refractivity contribution in [2.75, 3.05) is 13.7 Å². The number of nitrogens with zero attached hydrogens (tertiary/aromatic N) is 3. The van der Waals surface area contributed by atoms with E-state index >= 15 is 0 Å². The van der Waals surface area contributed by atoms with Crippen LogP contribution in [0.15, 0.2) is 18.5 Å². The molecule has 10 heteroatoms. The van der Waals surface area contributed by atoms with E-state index in [1.165, 1.54) is 13.1 Å². The Kier molecular flexibility index (Phi) is 5.11. The Morgan fingerprint density at radius 1 is 1.40 bits per heavy atom. The molecule has 0 bridgehead atoms. The van der Waals surface area contributed by atoms with E-state index in [1.807, 2.05) is 0 Å². The summed E-state index contributed by atoms with van der Waals surface area (Å²) in [5.74, 6) is -3.00. The van der Waals surface area contributed by atoms with Crippen molar-refractivity contribution in [2.45, 2.75) is 13.8 Å². The molecule has 0 saturated carbocycles. The minimum absolute atomic E-state index is 0.000693. The number of carbonyl (C=O) groups excluding carboxylic acids is 2. The highest BCUT2D eigenvalue weighted by Crippen LogP contribution is 2.27. The lowest BCUT2D eigenvalue weighted by Crippen LogP contribution is -2.15. The summed E-state index contributed by atoms with van der Waals surface area (Å²) in [7, 11) is 1.12. The number of carbonyl (C=O) groups is 2. The van der Waals surface area contributed by atoms with Crippen LogP contribution >= 0.6 is 0 Å². The van der Waals surface area contributed by atoms with Crippen molar-refractivity contribution in [1.29, 1.82) is 0 Å². The Bertz CT molecular complexity index is 861. The molecule has 0 aliphatic heterocycles. The fourth-order valence-electron chi connectivity index (χ4n) is 2.16. The van der Waals surface area contributed by atoms with Crippen LogP contribution in [-0.4, -0.2) is 40.1 Å². The summed E-state index contributed by atoms with van der Waals surface area (Å²) in [5.41, 5.74) is -1.18. The molecule has 132 valence electrons. The van der Waals surface area contributed by atoms with Crippen molar-refractivity contribution < 1.29 is 28.4 Å². The number of esters is 2. The molecular formula is C15H14FN3O6. The molecule has 0 unspecified atom stereocenters. The Hall–Kier alpha value is -3.30. The van der Waals surface area contributed by atoms with Gasteiger partial charge in [-0.25, -0.2) is 19.0 Å². The predicted molar refractivity (Wildman–Crippen MR) is 82.2 cm³/mol. The summed E-state index contributed by atoms with van der Waals surface area (Å²) in [6, 6.07) is 0.941. The van der Waals surface area contributed by atoms with Crippen molar-refractivity contribution in [1.82, 2.24) is 9.55 Å². The van der Waals surface area contributed by atoms with Crippen LogP contribution in [0.2, 0.25) is 0 Å². The largest absolute Gasteiger partial charge is 0.465 e. The molecule has 0 aromatic carbocycles. The van der Waals surface area contributed by atoms with Gasteiger partial charge in [0, 0.05) is 24.0 Å². The quantitative estimate of drug-likeness (QED) is 0.461. The molecule has 0 spiro atoms. The molecule has 0 aliphatic rings. The Balaban J connectivity index is 2.70. The zero-order chi connectivity index (χ0) is 18.7. The molecule has 0 amide bonds. The van der Waals surface area contributed by atoms with Crippen molar-refractivity contribution in [3.8, 4) is 5.82 Å². The topological polar surface area (TPSA) is 114 Å². The number of ether oxygens (including phenoxy) is 2. The summed E-state index contributed by atoms with van der Waals surface area (Å²) in [6.45, 7) is 2.93. The minimum atomic E-state index is -0.985. The van der Waals surface area contributed by atoms with Crippen molar-refractivity contribution >= 4 is 17.6 Å². The van der Waals surface area contributed by atoms with Gasteiger partial charge in [-0.1, -0.05) is 0 Å². The van der Waals surface area contributed by atoms with Gasteiger partial charge in [0.1, 0.15) is 0 Å². The number of methoxy groups -OCH3 is 1. The number of aromatic nitrogens is 2. The summed E-state index contributed by atoms with van der Waals surface area (Å²) in [4.78, 5) is 37.9. The molecular weight excluding hydrogens is 337 g/mol. The van der Waals surface area contributed by atoms with Gasteiger partial charge in [0.15, 0.2) is 11.5 Å². The number of nitro groups is 1. The molecule has 2 aromatic heterocycles. The lowest BCUT2D eigenvalue weighted by molar-refractivity contribution is -0.384. The molecule has 0 N–H and O–H groups in total. The maximum absolute atomic E-state index is 14.3. The first-order valence-corrected chi connectivity index (χ1v) is 7.09. The number of hydrogen-bond acceptors (Lipinski definition) is 7. The Labute approximate surface area is 141 Å². The number of rotatable bonds is 5. The summed E-state index contributed by atoms with van der Waals surface area (Å²) in [6.07, 6.45) is 2.23. The number of halogens is 1. The van der Waals surface area contributed by atoms with Crippen LogP contribution in [0.4, 0.5) is 10.1 Å². The van der Waals surface area contributed by atoms with Gasteiger partial charge in [-0.05, 0) is 13.8 Å². The van der Waals surface area contributed by atoms with Crippen LogP contribution in [0.25, 0.3) is 5.82 Å². The second-order valence-electron chi connectivity index (χ2n) is 4.88. The van der Waals surface area contributed by atoms with Crippen LogP contribution in [0.3, 0.4) is 0 Å². The molecule has 25 heavy (non-hydrogen) atoms. The standard InChI is InChI=1S/C15H14FN3O6/c1-4-25-15(21)12-11(16)8(2)7-18(12)13-10(19(22)23)5-9(6-17-13)14(20)24-3/h5-7H,4H2,1-3H3. The van der Waals surface area contributed by atoms with E-state index < -0.39 is 34.1 Å². The smallest absolute Gasteiger partial charge is 0.358 e. The minimum Gasteiger partial charge on any atom is -0.465 e. The number of aryl methyl sites for hydroxylation is 1. The predicted octanol–water partition coefficient (Wildman–Crippen LogP) is 2.19. The van der Waals surface area contributed by atoms with Gasteiger partial charge < -0.3 is 9.47 Å². The van der Waals surface area contributed by atoms with Crippen LogP contribution in [0.5, 0.6) is 0 Å². The van der Waals surface area contributed by atoms with E-state index in [-0.39, 0.29) is 23.6 Å². The average molecular weight is 351 g/mol. The van der Waals surface area contributed by atoms with E-state index in [2.05, 4.69) is 9.72 Å². The van der Waals surface area contributed by atoms with Crippen LogP contribution < -0.4 is 0 Å². The highest BCUT2D eigenvalue weighted by molar-refractivity contribution is 5.91. The van der Waals surface area contributed by atoms with Gasteiger partial charge >= 0.3 is 17.6 Å². The molecule has 0 fully saturated rings. The second-order valence-corrected chi connectivity index (χ2v) is 4.88. The second kappa shape index (κ2) is 7.07. The third-order valence-corrected chi connectivity index (χ3v) is 3.28. The van der Waals surface area contributed by atoms with Gasteiger partial charge in [0.05, 0.1) is 24.2 Å². The molecule has 9 nitrogen and oxygen atoms in total.